The Bertz CT molecular complexity index is 258. The summed E-state index contributed by atoms with van der Waals surface area (Å²) in [5, 5.41) is 0. The third-order valence-electron chi connectivity index (χ3n) is 5.08. The monoisotopic (exact) mass is 310 g/mol. The van der Waals surface area contributed by atoms with Crippen molar-refractivity contribution in [2.45, 2.75) is 115 Å². The van der Waals surface area contributed by atoms with E-state index in [1.807, 2.05) is 0 Å². The van der Waals surface area contributed by atoms with Crippen LogP contribution in [0, 0.1) is 0 Å². The van der Waals surface area contributed by atoms with Crippen molar-refractivity contribution < 1.29 is 9.53 Å². The lowest BCUT2D eigenvalue weighted by Crippen LogP contribution is -2.45. The Morgan fingerprint density at radius 2 is 1.18 bits per heavy atom. The van der Waals surface area contributed by atoms with Crippen molar-refractivity contribution in [1.82, 2.24) is 0 Å². The van der Waals surface area contributed by atoms with Gasteiger partial charge in [0.25, 0.3) is 0 Å². The maximum atomic E-state index is 10.9. The molecule has 130 valence electrons. The molecule has 0 aromatic carbocycles. The molecule has 0 amide bonds. The van der Waals surface area contributed by atoms with Crippen LogP contribution in [0.15, 0.2) is 0 Å². The minimum absolute atomic E-state index is 0.378. The highest BCUT2D eigenvalue weighted by atomic mass is 16.5. The molecule has 1 fully saturated rings. The van der Waals surface area contributed by atoms with Gasteiger partial charge < -0.3 is 9.53 Å². The van der Waals surface area contributed by atoms with Gasteiger partial charge in [0.1, 0.15) is 5.60 Å². The molecule has 0 saturated carbocycles. The van der Waals surface area contributed by atoms with Crippen molar-refractivity contribution in [3.05, 3.63) is 0 Å². The van der Waals surface area contributed by atoms with Crippen molar-refractivity contribution in [3.63, 3.8) is 0 Å². The number of hydrogen-bond acceptors (Lipinski definition) is 2. The van der Waals surface area contributed by atoms with E-state index < -0.39 is 0 Å². The number of unbranched alkanes of at least 4 members (excludes halogenated alkanes) is 13. The van der Waals surface area contributed by atoms with E-state index in [2.05, 4.69) is 6.92 Å². The van der Waals surface area contributed by atoms with Gasteiger partial charge in [-0.15, -0.1) is 0 Å². The van der Waals surface area contributed by atoms with Gasteiger partial charge in [-0.25, -0.2) is 0 Å². The number of carbonyl (C=O) groups is 1. The number of ether oxygens (including phenoxy) is 1. The van der Waals surface area contributed by atoms with Crippen LogP contribution >= 0.6 is 0 Å². The molecule has 22 heavy (non-hydrogen) atoms. The van der Waals surface area contributed by atoms with Crippen LogP contribution in [0.4, 0.5) is 0 Å². The molecule has 1 atom stereocenters. The van der Waals surface area contributed by atoms with Crippen molar-refractivity contribution in [1.29, 1.82) is 0 Å². The smallest absolute Gasteiger partial charge is 0.151 e. The van der Waals surface area contributed by atoms with Gasteiger partial charge in [-0.2, -0.15) is 0 Å². The van der Waals surface area contributed by atoms with Crippen LogP contribution in [0.1, 0.15) is 110 Å². The second kappa shape index (κ2) is 13.1. The summed E-state index contributed by atoms with van der Waals surface area (Å²) in [4.78, 5) is 10.9. The Kier molecular flexibility index (Phi) is 11.7. The topological polar surface area (TPSA) is 26.3 Å². The Balaban J connectivity index is 1.72. The molecule has 1 unspecified atom stereocenters. The maximum absolute atomic E-state index is 10.9. The highest BCUT2D eigenvalue weighted by molar-refractivity contribution is 5.63. The van der Waals surface area contributed by atoms with Crippen molar-refractivity contribution in [2.75, 3.05) is 6.61 Å². The fourth-order valence-electron chi connectivity index (χ4n) is 3.33. The van der Waals surface area contributed by atoms with Gasteiger partial charge in [0.2, 0.25) is 0 Å². The van der Waals surface area contributed by atoms with E-state index in [-0.39, 0.29) is 5.60 Å². The summed E-state index contributed by atoms with van der Waals surface area (Å²) < 4.78 is 5.41. The van der Waals surface area contributed by atoms with Crippen molar-refractivity contribution in [2.24, 2.45) is 0 Å². The number of aldehydes is 1. The first-order valence-corrected chi connectivity index (χ1v) is 9.93. The van der Waals surface area contributed by atoms with E-state index in [0.717, 1.165) is 32.2 Å². The fraction of sp³-hybridized carbons (Fsp3) is 0.950. The molecule has 0 N–H and O–H groups in total. The zero-order valence-electron chi connectivity index (χ0n) is 14.9. The Morgan fingerprint density at radius 1 is 0.773 bits per heavy atom. The number of carbonyl (C=O) groups excluding carboxylic acids is 1. The van der Waals surface area contributed by atoms with Gasteiger partial charge in [0.15, 0.2) is 6.29 Å². The highest BCUT2D eigenvalue weighted by Crippen LogP contribution is 2.30. The zero-order valence-corrected chi connectivity index (χ0v) is 14.9. The first-order valence-electron chi connectivity index (χ1n) is 9.93. The van der Waals surface area contributed by atoms with Gasteiger partial charge in [-0.3, -0.25) is 0 Å². The molecular weight excluding hydrogens is 272 g/mol. The first kappa shape index (κ1) is 19.7. The normalized spacial score (nSPS) is 20.8. The third-order valence-corrected chi connectivity index (χ3v) is 5.08. The molecule has 0 aliphatic carbocycles. The van der Waals surface area contributed by atoms with Crippen LogP contribution in [-0.4, -0.2) is 18.5 Å². The van der Waals surface area contributed by atoms with E-state index in [0.29, 0.717) is 0 Å². The Hall–Kier alpha value is -0.370. The molecule has 1 rings (SSSR count). The molecule has 0 radical (unpaired) electrons. The fourth-order valence-corrected chi connectivity index (χ4v) is 3.33. The van der Waals surface area contributed by atoms with Crippen LogP contribution < -0.4 is 0 Å². The van der Waals surface area contributed by atoms with Gasteiger partial charge in [-0.05, 0) is 6.42 Å². The molecule has 1 saturated heterocycles. The summed E-state index contributed by atoms with van der Waals surface area (Å²) in [6.07, 6.45) is 22.2. The van der Waals surface area contributed by atoms with Crippen LogP contribution in [0.3, 0.4) is 0 Å². The van der Waals surface area contributed by atoms with E-state index in [1.54, 1.807) is 0 Å². The van der Waals surface area contributed by atoms with Gasteiger partial charge in [0, 0.05) is 6.42 Å². The molecule has 2 nitrogen and oxygen atoms in total. The lowest BCUT2D eigenvalue weighted by atomic mass is 9.90. The second-order valence-electron chi connectivity index (χ2n) is 7.13. The van der Waals surface area contributed by atoms with Crippen LogP contribution in [-0.2, 0) is 9.53 Å². The highest BCUT2D eigenvalue weighted by Gasteiger charge is 2.37. The third kappa shape index (κ3) is 8.92. The molecule has 0 aromatic heterocycles. The summed E-state index contributed by atoms with van der Waals surface area (Å²) in [5.41, 5.74) is -0.378. The van der Waals surface area contributed by atoms with Crippen molar-refractivity contribution >= 4 is 6.29 Å². The minimum atomic E-state index is -0.378. The Morgan fingerprint density at radius 3 is 1.50 bits per heavy atom. The van der Waals surface area contributed by atoms with E-state index in [1.165, 1.54) is 83.5 Å². The van der Waals surface area contributed by atoms with E-state index >= 15 is 0 Å². The molecule has 2 heteroatoms. The summed E-state index contributed by atoms with van der Waals surface area (Å²) in [5.74, 6) is 0. The zero-order chi connectivity index (χ0) is 15.9. The summed E-state index contributed by atoms with van der Waals surface area (Å²) in [6, 6.07) is 0. The quantitative estimate of drug-likeness (QED) is 0.250. The second-order valence-corrected chi connectivity index (χ2v) is 7.13. The van der Waals surface area contributed by atoms with Crippen LogP contribution in [0.25, 0.3) is 0 Å². The summed E-state index contributed by atoms with van der Waals surface area (Å²) in [7, 11) is 0. The van der Waals surface area contributed by atoms with E-state index in [4.69, 9.17) is 4.74 Å². The maximum Gasteiger partial charge on any atom is 0.151 e. The van der Waals surface area contributed by atoms with Crippen LogP contribution in [0.2, 0.25) is 0 Å². The lowest BCUT2D eigenvalue weighted by molar-refractivity contribution is -0.163. The number of hydrogen-bond donors (Lipinski definition) is 0. The Labute approximate surface area is 138 Å². The van der Waals surface area contributed by atoms with E-state index in [9.17, 15) is 4.79 Å². The average Bonchev–Trinajstić information content (AvgIpc) is 2.50. The predicted octanol–water partition coefficient (Wildman–Crippen LogP) is 6.22. The predicted molar refractivity (Wildman–Crippen MR) is 94.3 cm³/mol. The number of rotatable bonds is 16. The summed E-state index contributed by atoms with van der Waals surface area (Å²) >= 11 is 0. The molecule has 1 aliphatic rings. The molecule has 0 spiro atoms. The minimum Gasteiger partial charge on any atom is -0.367 e. The van der Waals surface area contributed by atoms with Crippen molar-refractivity contribution in [3.8, 4) is 0 Å². The SMILES string of the molecule is CCCCCCCCCCCCCCCCC1(C=O)CCO1. The molecular formula is C20H38O2. The van der Waals surface area contributed by atoms with Crippen LogP contribution in [0.5, 0.6) is 0 Å². The standard InChI is InChI=1S/C20H38O2/c1-2-3-4-5-6-7-8-9-10-11-12-13-14-15-16-20(19-21)17-18-22-20/h19H,2-18H2,1H3. The molecule has 1 heterocycles. The summed E-state index contributed by atoms with van der Waals surface area (Å²) in [6.45, 7) is 3.05. The van der Waals surface area contributed by atoms with Gasteiger partial charge in [0.05, 0.1) is 6.61 Å². The molecule has 0 bridgehead atoms. The lowest BCUT2D eigenvalue weighted by Gasteiger charge is -2.37. The largest absolute Gasteiger partial charge is 0.367 e. The average molecular weight is 311 g/mol. The molecule has 1 aliphatic heterocycles. The first-order chi connectivity index (χ1) is 10.8. The van der Waals surface area contributed by atoms with Gasteiger partial charge in [-0.1, -0.05) is 96.8 Å². The molecule has 0 aromatic rings. The van der Waals surface area contributed by atoms with Gasteiger partial charge >= 0.3 is 0 Å².